The van der Waals surface area contributed by atoms with Gasteiger partial charge in [0.25, 0.3) is 0 Å². The molecule has 0 aliphatic carbocycles. The topological polar surface area (TPSA) is 112 Å². The molecule has 3 N–H and O–H groups in total. The lowest BCUT2D eigenvalue weighted by molar-refractivity contribution is 0.329. The number of nitrogens with one attached hydrogen (secondary N) is 3. The lowest BCUT2D eigenvalue weighted by atomic mass is 10.1. The molecule has 0 spiro atoms. The van der Waals surface area contributed by atoms with E-state index >= 15 is 0 Å². The number of nitrogens with zero attached hydrogens (tertiary/aromatic N) is 4. The SMILES string of the molecule is CSc1cc(Nc2cc(C)c(C#N)c(NCCOc3cccnc3C)n2)n[nH]1. The van der Waals surface area contributed by atoms with E-state index in [0.29, 0.717) is 36.2 Å². The Bertz CT molecular complexity index is 996. The second-order valence-corrected chi connectivity index (χ2v) is 6.82. The van der Waals surface area contributed by atoms with Crippen LogP contribution in [0.15, 0.2) is 35.5 Å². The molecule has 3 aromatic rings. The lowest BCUT2D eigenvalue weighted by Crippen LogP contribution is -2.14. The number of hydrogen-bond donors (Lipinski definition) is 3. The summed E-state index contributed by atoms with van der Waals surface area (Å²) in [5, 5.41) is 23.9. The third-order valence-corrected chi connectivity index (χ3v) is 4.62. The van der Waals surface area contributed by atoms with Gasteiger partial charge in [-0.15, -0.1) is 11.8 Å². The molecule has 0 aliphatic rings. The summed E-state index contributed by atoms with van der Waals surface area (Å²) in [6, 6.07) is 9.65. The van der Waals surface area contributed by atoms with Gasteiger partial charge in [-0.25, -0.2) is 4.98 Å². The number of pyridine rings is 2. The first-order valence-corrected chi connectivity index (χ1v) is 9.89. The maximum absolute atomic E-state index is 9.48. The predicted molar refractivity (Wildman–Crippen MR) is 110 cm³/mol. The minimum atomic E-state index is 0.423. The Morgan fingerprint density at radius 2 is 2.14 bits per heavy atom. The van der Waals surface area contributed by atoms with Gasteiger partial charge < -0.3 is 15.4 Å². The van der Waals surface area contributed by atoms with Crippen LogP contribution in [0, 0.1) is 25.2 Å². The number of aromatic amines is 1. The molecule has 3 rings (SSSR count). The summed E-state index contributed by atoms with van der Waals surface area (Å²) in [7, 11) is 0. The van der Waals surface area contributed by atoms with Gasteiger partial charge in [0, 0.05) is 12.3 Å². The van der Waals surface area contributed by atoms with Crippen molar-refractivity contribution in [3.05, 3.63) is 47.3 Å². The van der Waals surface area contributed by atoms with Crippen LogP contribution < -0.4 is 15.4 Å². The van der Waals surface area contributed by atoms with Crippen molar-refractivity contribution in [2.75, 3.05) is 30.0 Å². The van der Waals surface area contributed by atoms with Gasteiger partial charge in [0.05, 0.1) is 22.8 Å². The number of H-pyrrole nitrogens is 1. The molecule has 144 valence electrons. The zero-order valence-electron chi connectivity index (χ0n) is 15.9. The van der Waals surface area contributed by atoms with Crippen LogP contribution in [0.25, 0.3) is 0 Å². The predicted octanol–water partition coefficient (Wildman–Crippen LogP) is 3.64. The van der Waals surface area contributed by atoms with Crippen molar-refractivity contribution in [2.45, 2.75) is 18.9 Å². The summed E-state index contributed by atoms with van der Waals surface area (Å²) < 4.78 is 5.74. The lowest BCUT2D eigenvalue weighted by Gasteiger charge is -2.13. The van der Waals surface area contributed by atoms with Crippen LogP contribution in [0.4, 0.5) is 17.5 Å². The highest BCUT2D eigenvalue weighted by Gasteiger charge is 2.11. The summed E-state index contributed by atoms with van der Waals surface area (Å²) in [6.07, 6.45) is 3.70. The largest absolute Gasteiger partial charge is 0.490 e. The van der Waals surface area contributed by atoms with Crippen LogP contribution in [-0.2, 0) is 0 Å². The molecule has 0 aromatic carbocycles. The van der Waals surface area contributed by atoms with Crippen LogP contribution in [0.5, 0.6) is 5.75 Å². The number of nitriles is 1. The summed E-state index contributed by atoms with van der Waals surface area (Å²) in [6.45, 7) is 4.70. The minimum absolute atomic E-state index is 0.423. The summed E-state index contributed by atoms with van der Waals surface area (Å²) in [5.41, 5.74) is 2.17. The fourth-order valence-corrected chi connectivity index (χ4v) is 2.93. The average Bonchev–Trinajstić information content (AvgIpc) is 3.14. The van der Waals surface area contributed by atoms with E-state index in [1.54, 1.807) is 18.0 Å². The molecule has 0 fully saturated rings. The van der Waals surface area contributed by atoms with E-state index in [4.69, 9.17) is 4.74 Å². The maximum atomic E-state index is 9.48. The van der Waals surface area contributed by atoms with E-state index in [1.165, 1.54) is 0 Å². The summed E-state index contributed by atoms with van der Waals surface area (Å²) in [4.78, 5) is 8.72. The molecule has 3 aromatic heterocycles. The van der Waals surface area contributed by atoms with E-state index < -0.39 is 0 Å². The zero-order chi connectivity index (χ0) is 19.9. The quantitative estimate of drug-likeness (QED) is 0.391. The van der Waals surface area contributed by atoms with Gasteiger partial charge in [-0.1, -0.05) is 0 Å². The number of rotatable bonds is 8. The Balaban J connectivity index is 1.67. The maximum Gasteiger partial charge on any atom is 0.154 e. The molecule has 0 aliphatic heterocycles. The smallest absolute Gasteiger partial charge is 0.154 e. The Hall–Kier alpha value is -3.25. The highest BCUT2D eigenvalue weighted by molar-refractivity contribution is 7.98. The molecule has 0 saturated carbocycles. The van der Waals surface area contributed by atoms with Crippen molar-refractivity contribution in [1.29, 1.82) is 5.26 Å². The summed E-state index contributed by atoms with van der Waals surface area (Å²) >= 11 is 1.57. The number of hydrogen-bond acceptors (Lipinski definition) is 8. The van der Waals surface area contributed by atoms with Crippen LogP contribution in [0.1, 0.15) is 16.8 Å². The van der Waals surface area contributed by atoms with Gasteiger partial charge in [-0.2, -0.15) is 10.4 Å². The van der Waals surface area contributed by atoms with Crippen LogP contribution in [0.3, 0.4) is 0 Å². The van der Waals surface area contributed by atoms with Crippen LogP contribution in [0.2, 0.25) is 0 Å². The highest BCUT2D eigenvalue weighted by atomic mass is 32.2. The van der Waals surface area contributed by atoms with E-state index in [-0.39, 0.29) is 0 Å². The number of aromatic nitrogens is 4. The van der Waals surface area contributed by atoms with Crippen LogP contribution >= 0.6 is 11.8 Å². The number of aryl methyl sites for hydroxylation is 2. The van der Waals surface area contributed by atoms with Crippen molar-refractivity contribution < 1.29 is 4.74 Å². The zero-order valence-corrected chi connectivity index (χ0v) is 16.7. The van der Waals surface area contributed by atoms with Gasteiger partial charge in [0.1, 0.15) is 30.1 Å². The first-order chi connectivity index (χ1) is 13.6. The molecule has 28 heavy (non-hydrogen) atoms. The molecule has 0 amide bonds. The van der Waals surface area contributed by atoms with E-state index in [9.17, 15) is 5.26 Å². The average molecular weight is 395 g/mol. The molecule has 0 unspecified atom stereocenters. The minimum Gasteiger partial charge on any atom is -0.490 e. The number of anilines is 3. The fraction of sp³-hybridized carbons (Fsp3) is 0.263. The molecule has 0 saturated heterocycles. The second-order valence-electron chi connectivity index (χ2n) is 5.97. The summed E-state index contributed by atoms with van der Waals surface area (Å²) in [5.74, 6) is 2.54. The van der Waals surface area contributed by atoms with E-state index in [2.05, 4.69) is 36.9 Å². The Labute approximate surface area is 167 Å². The Morgan fingerprint density at radius 3 is 2.86 bits per heavy atom. The van der Waals surface area contributed by atoms with Gasteiger partial charge in [0.15, 0.2) is 5.82 Å². The van der Waals surface area contributed by atoms with Crippen molar-refractivity contribution >= 4 is 29.2 Å². The third-order valence-electron chi connectivity index (χ3n) is 3.97. The molecule has 0 bridgehead atoms. The van der Waals surface area contributed by atoms with Crippen molar-refractivity contribution in [3.8, 4) is 11.8 Å². The van der Waals surface area contributed by atoms with Crippen LogP contribution in [-0.4, -0.2) is 39.6 Å². The Morgan fingerprint density at radius 1 is 1.29 bits per heavy atom. The fourth-order valence-electron chi connectivity index (χ4n) is 2.56. The Kier molecular flexibility index (Phi) is 6.34. The van der Waals surface area contributed by atoms with Crippen molar-refractivity contribution in [2.24, 2.45) is 0 Å². The molecule has 8 nitrogen and oxygen atoms in total. The van der Waals surface area contributed by atoms with Gasteiger partial charge >= 0.3 is 0 Å². The van der Waals surface area contributed by atoms with Gasteiger partial charge in [-0.05, 0) is 43.9 Å². The van der Waals surface area contributed by atoms with E-state index in [0.717, 1.165) is 22.0 Å². The molecule has 9 heteroatoms. The van der Waals surface area contributed by atoms with Crippen molar-refractivity contribution in [3.63, 3.8) is 0 Å². The van der Waals surface area contributed by atoms with E-state index in [1.807, 2.05) is 44.4 Å². The molecular formula is C19H21N7OS. The molecular weight excluding hydrogens is 374 g/mol. The van der Waals surface area contributed by atoms with Gasteiger partial charge in [0.2, 0.25) is 0 Å². The third kappa shape index (κ3) is 4.72. The molecule has 0 radical (unpaired) electrons. The molecule has 3 heterocycles. The standard InChI is InChI=1S/C19H21N7OS/c1-12-9-16(23-17-10-18(28-3)26-25-17)24-19(14(12)11-20)22-7-8-27-15-5-4-6-21-13(15)2/h4-6,9-10H,7-8H2,1-3H3,(H3,22,23,24,25,26). The monoisotopic (exact) mass is 395 g/mol. The molecule has 0 atom stereocenters. The van der Waals surface area contributed by atoms with Gasteiger partial charge in [-0.3, -0.25) is 10.1 Å². The second kappa shape index (κ2) is 9.10. The number of ether oxygens (including phenoxy) is 1. The first-order valence-electron chi connectivity index (χ1n) is 8.67. The highest BCUT2D eigenvalue weighted by Crippen LogP contribution is 2.24. The first kappa shape index (κ1) is 19.5. The normalized spacial score (nSPS) is 10.4. The van der Waals surface area contributed by atoms with Crippen molar-refractivity contribution in [1.82, 2.24) is 20.2 Å². The number of thioether (sulfide) groups is 1.